The number of carbonyl (C=O) groups is 1. The molecule has 0 spiro atoms. The van der Waals surface area contributed by atoms with E-state index in [0.29, 0.717) is 11.1 Å². The summed E-state index contributed by atoms with van der Waals surface area (Å²) >= 11 is 1.52. The monoisotopic (exact) mass is 299 g/mol. The Kier molecular flexibility index (Phi) is 2.96. The van der Waals surface area contributed by atoms with Crippen LogP contribution in [0.1, 0.15) is 23.2 Å². The number of rotatable bonds is 2. The van der Waals surface area contributed by atoms with Gasteiger partial charge in [-0.25, -0.2) is 4.98 Å². The molecular weight excluding hydrogens is 286 g/mol. The molecule has 0 radical (unpaired) electrons. The summed E-state index contributed by atoms with van der Waals surface area (Å²) in [4.78, 5) is 18.5. The molecule has 1 aliphatic heterocycles. The van der Waals surface area contributed by atoms with Crippen LogP contribution in [0.2, 0.25) is 0 Å². The highest BCUT2D eigenvalue weighted by molar-refractivity contribution is 7.13. The largest absolute Gasteiger partial charge is 0.356 e. The summed E-state index contributed by atoms with van der Waals surface area (Å²) in [7, 11) is 0. The van der Waals surface area contributed by atoms with Crippen molar-refractivity contribution >= 4 is 28.2 Å². The molecule has 5 nitrogen and oxygen atoms in total. The van der Waals surface area contributed by atoms with Gasteiger partial charge in [0.05, 0.1) is 5.39 Å². The fraction of sp³-hybridized carbons (Fsp3) is 0.267. The first kappa shape index (κ1) is 12.5. The first-order chi connectivity index (χ1) is 10.3. The number of hydrogen-bond acceptors (Lipinski definition) is 5. The number of nitrogens with zero attached hydrogens (tertiary/aromatic N) is 3. The van der Waals surface area contributed by atoms with Gasteiger partial charge in [-0.2, -0.15) is 0 Å². The Morgan fingerprint density at radius 3 is 2.90 bits per heavy atom. The number of likely N-dealkylation sites (tertiary alicyclic amines) is 1. The fourth-order valence-electron chi connectivity index (χ4n) is 2.67. The number of amides is 1. The first-order valence-electron chi connectivity index (χ1n) is 6.91. The van der Waals surface area contributed by atoms with E-state index in [0.717, 1.165) is 42.0 Å². The van der Waals surface area contributed by atoms with Crippen LogP contribution < -0.4 is 0 Å². The van der Waals surface area contributed by atoms with Crippen molar-refractivity contribution in [2.24, 2.45) is 0 Å². The van der Waals surface area contributed by atoms with Gasteiger partial charge in [0.2, 0.25) is 0 Å². The molecule has 1 fully saturated rings. The molecular formula is C15H13N3O2S. The number of thiazole rings is 1. The summed E-state index contributed by atoms with van der Waals surface area (Å²) in [5.74, 6) is 0.0709. The van der Waals surface area contributed by atoms with Crippen LogP contribution in [-0.2, 0) is 0 Å². The average molecular weight is 299 g/mol. The normalized spacial score (nSPS) is 15.0. The summed E-state index contributed by atoms with van der Waals surface area (Å²) in [6, 6.07) is 5.52. The lowest BCUT2D eigenvalue weighted by atomic mass is 10.1. The minimum atomic E-state index is 0.0709. The zero-order chi connectivity index (χ0) is 14.2. The number of benzene rings is 1. The SMILES string of the molecule is O=C(c1ccc2c(-c3nccs3)noc2c1)N1CCCC1. The van der Waals surface area contributed by atoms with E-state index in [-0.39, 0.29) is 5.91 Å². The van der Waals surface area contributed by atoms with Gasteiger partial charge in [-0.3, -0.25) is 4.79 Å². The van der Waals surface area contributed by atoms with Crippen molar-refractivity contribution in [1.29, 1.82) is 0 Å². The molecule has 0 atom stereocenters. The zero-order valence-electron chi connectivity index (χ0n) is 11.3. The van der Waals surface area contributed by atoms with Gasteiger partial charge in [0.25, 0.3) is 5.91 Å². The maximum absolute atomic E-state index is 12.4. The van der Waals surface area contributed by atoms with Gasteiger partial charge in [-0.05, 0) is 31.0 Å². The van der Waals surface area contributed by atoms with E-state index in [1.807, 2.05) is 22.4 Å². The standard InChI is InChI=1S/C15H13N3O2S/c19-15(18-6-1-2-7-18)10-3-4-11-12(9-10)20-17-13(11)14-16-5-8-21-14/h3-5,8-9H,1-2,6-7H2. The highest BCUT2D eigenvalue weighted by Gasteiger charge is 2.21. The van der Waals surface area contributed by atoms with Crippen molar-refractivity contribution in [3.8, 4) is 10.7 Å². The molecule has 0 bridgehead atoms. The van der Waals surface area contributed by atoms with Crippen molar-refractivity contribution in [3.63, 3.8) is 0 Å². The summed E-state index contributed by atoms with van der Waals surface area (Å²) in [5, 5.41) is 7.71. The van der Waals surface area contributed by atoms with Crippen LogP contribution in [0.5, 0.6) is 0 Å². The Hall–Kier alpha value is -2.21. The van der Waals surface area contributed by atoms with E-state index in [4.69, 9.17) is 4.52 Å². The van der Waals surface area contributed by atoms with Gasteiger partial charge in [0.15, 0.2) is 5.58 Å². The van der Waals surface area contributed by atoms with Crippen LogP contribution in [0.4, 0.5) is 0 Å². The summed E-state index contributed by atoms with van der Waals surface area (Å²) in [6.07, 6.45) is 3.92. The second-order valence-electron chi connectivity index (χ2n) is 5.08. The molecule has 2 aromatic heterocycles. The fourth-order valence-corrected chi connectivity index (χ4v) is 3.30. The molecule has 21 heavy (non-hydrogen) atoms. The van der Waals surface area contributed by atoms with Gasteiger partial charge in [0.1, 0.15) is 10.7 Å². The maximum atomic E-state index is 12.4. The number of aromatic nitrogens is 2. The minimum Gasteiger partial charge on any atom is -0.356 e. The predicted octanol–water partition coefficient (Wildman–Crippen LogP) is 3.19. The van der Waals surface area contributed by atoms with E-state index in [1.165, 1.54) is 11.3 Å². The zero-order valence-corrected chi connectivity index (χ0v) is 12.1. The third-order valence-corrected chi connectivity index (χ3v) is 4.53. The van der Waals surface area contributed by atoms with E-state index in [1.54, 1.807) is 12.3 Å². The Morgan fingerprint density at radius 1 is 1.29 bits per heavy atom. The first-order valence-corrected chi connectivity index (χ1v) is 7.79. The Bertz CT molecular complexity index is 788. The van der Waals surface area contributed by atoms with Gasteiger partial charge < -0.3 is 9.42 Å². The molecule has 1 saturated heterocycles. The van der Waals surface area contributed by atoms with Crippen LogP contribution in [0, 0.1) is 0 Å². The van der Waals surface area contributed by atoms with Crippen LogP contribution in [0.25, 0.3) is 21.7 Å². The molecule has 0 N–H and O–H groups in total. The molecule has 106 valence electrons. The van der Waals surface area contributed by atoms with E-state index in [9.17, 15) is 4.79 Å². The lowest BCUT2D eigenvalue weighted by Crippen LogP contribution is -2.27. The van der Waals surface area contributed by atoms with Crippen LogP contribution in [-0.4, -0.2) is 34.0 Å². The van der Waals surface area contributed by atoms with Gasteiger partial charge >= 0.3 is 0 Å². The molecule has 0 saturated carbocycles. The smallest absolute Gasteiger partial charge is 0.253 e. The van der Waals surface area contributed by atoms with Gasteiger partial charge in [-0.1, -0.05) is 5.16 Å². The minimum absolute atomic E-state index is 0.0709. The van der Waals surface area contributed by atoms with Crippen molar-refractivity contribution in [1.82, 2.24) is 15.0 Å². The number of fused-ring (bicyclic) bond motifs is 1. The van der Waals surface area contributed by atoms with Crippen LogP contribution >= 0.6 is 11.3 Å². The average Bonchev–Trinajstić information content (AvgIpc) is 3.24. The van der Waals surface area contributed by atoms with Gasteiger partial charge in [-0.15, -0.1) is 11.3 Å². The summed E-state index contributed by atoms with van der Waals surface area (Å²) in [6.45, 7) is 1.69. The number of carbonyl (C=O) groups excluding carboxylic acids is 1. The second-order valence-corrected chi connectivity index (χ2v) is 5.97. The molecule has 1 amide bonds. The summed E-state index contributed by atoms with van der Waals surface area (Å²) < 4.78 is 5.37. The maximum Gasteiger partial charge on any atom is 0.253 e. The molecule has 4 rings (SSSR count). The van der Waals surface area contributed by atoms with Crippen LogP contribution in [0.3, 0.4) is 0 Å². The summed E-state index contributed by atoms with van der Waals surface area (Å²) in [5.41, 5.74) is 2.02. The molecule has 1 aromatic carbocycles. The van der Waals surface area contributed by atoms with Crippen LogP contribution in [0.15, 0.2) is 34.3 Å². The predicted molar refractivity (Wildman–Crippen MR) is 80.3 cm³/mol. The third-order valence-electron chi connectivity index (χ3n) is 3.75. The topological polar surface area (TPSA) is 59.2 Å². The molecule has 1 aliphatic rings. The van der Waals surface area contributed by atoms with E-state index >= 15 is 0 Å². The van der Waals surface area contributed by atoms with Crippen molar-refractivity contribution in [2.45, 2.75) is 12.8 Å². The highest BCUT2D eigenvalue weighted by atomic mass is 32.1. The van der Waals surface area contributed by atoms with E-state index in [2.05, 4.69) is 10.1 Å². The van der Waals surface area contributed by atoms with Gasteiger partial charge in [0, 0.05) is 30.2 Å². The highest BCUT2D eigenvalue weighted by Crippen LogP contribution is 2.30. The lowest BCUT2D eigenvalue weighted by Gasteiger charge is -2.14. The number of hydrogen-bond donors (Lipinski definition) is 0. The molecule has 0 aliphatic carbocycles. The molecule has 6 heteroatoms. The van der Waals surface area contributed by atoms with Crippen molar-refractivity contribution in [3.05, 3.63) is 35.3 Å². The molecule has 3 heterocycles. The Morgan fingerprint density at radius 2 is 2.14 bits per heavy atom. The Labute approximate surface area is 125 Å². The quantitative estimate of drug-likeness (QED) is 0.729. The third kappa shape index (κ3) is 2.12. The lowest BCUT2D eigenvalue weighted by molar-refractivity contribution is 0.0793. The van der Waals surface area contributed by atoms with E-state index < -0.39 is 0 Å². The van der Waals surface area contributed by atoms with Crippen molar-refractivity contribution in [2.75, 3.05) is 13.1 Å². The molecule has 3 aromatic rings. The Balaban J connectivity index is 1.73. The second kappa shape index (κ2) is 4.96. The molecule has 0 unspecified atom stereocenters. The van der Waals surface area contributed by atoms with Crippen molar-refractivity contribution < 1.29 is 9.32 Å².